The van der Waals surface area contributed by atoms with Crippen molar-refractivity contribution < 1.29 is 14.0 Å². The van der Waals surface area contributed by atoms with E-state index in [1.165, 1.54) is 19.1 Å². The first-order valence-electron chi connectivity index (χ1n) is 6.91. The van der Waals surface area contributed by atoms with Crippen molar-refractivity contribution in [1.82, 2.24) is 5.32 Å². The zero-order chi connectivity index (χ0) is 16.0. The topological polar surface area (TPSA) is 84.2 Å². The summed E-state index contributed by atoms with van der Waals surface area (Å²) in [5.41, 5.74) is 5.88. The van der Waals surface area contributed by atoms with Gasteiger partial charge < -0.3 is 16.4 Å². The standard InChI is InChI=1S/C15H22FN3O2/c1-9(2)6-12(8-17)19-15(21)13-7-11(18-10(3)20)4-5-14(13)16/h4-5,7,9,12H,6,8,17H2,1-3H3,(H,18,20)(H,19,21). The largest absolute Gasteiger partial charge is 0.348 e. The Labute approximate surface area is 124 Å². The fourth-order valence-electron chi connectivity index (χ4n) is 2.03. The lowest BCUT2D eigenvalue weighted by atomic mass is 10.0. The van der Waals surface area contributed by atoms with Crippen LogP contribution in [0.2, 0.25) is 0 Å². The number of rotatable bonds is 6. The Kier molecular flexibility index (Phi) is 6.30. The molecular formula is C15H22FN3O2. The first-order chi connectivity index (χ1) is 9.83. The summed E-state index contributed by atoms with van der Waals surface area (Å²) in [7, 11) is 0. The lowest BCUT2D eigenvalue weighted by Gasteiger charge is -2.19. The Balaban J connectivity index is 2.87. The predicted molar refractivity (Wildman–Crippen MR) is 80.5 cm³/mol. The van der Waals surface area contributed by atoms with E-state index in [1.54, 1.807) is 0 Å². The molecular weight excluding hydrogens is 273 g/mol. The maximum absolute atomic E-state index is 13.8. The van der Waals surface area contributed by atoms with E-state index in [-0.39, 0.29) is 24.1 Å². The molecule has 1 atom stereocenters. The van der Waals surface area contributed by atoms with Gasteiger partial charge in [0.25, 0.3) is 5.91 Å². The third-order valence-electron chi connectivity index (χ3n) is 2.91. The van der Waals surface area contributed by atoms with Crippen LogP contribution in [-0.4, -0.2) is 24.4 Å². The van der Waals surface area contributed by atoms with E-state index in [9.17, 15) is 14.0 Å². The van der Waals surface area contributed by atoms with Crippen LogP contribution < -0.4 is 16.4 Å². The quantitative estimate of drug-likeness (QED) is 0.749. The number of hydrogen-bond donors (Lipinski definition) is 3. The van der Waals surface area contributed by atoms with Crippen LogP contribution in [0, 0.1) is 11.7 Å². The molecule has 1 aromatic carbocycles. The zero-order valence-corrected chi connectivity index (χ0v) is 12.6. The Morgan fingerprint density at radius 3 is 2.52 bits per heavy atom. The summed E-state index contributed by atoms with van der Waals surface area (Å²) in [6.45, 7) is 5.67. The highest BCUT2D eigenvalue weighted by atomic mass is 19.1. The third-order valence-corrected chi connectivity index (χ3v) is 2.91. The van der Waals surface area contributed by atoms with Gasteiger partial charge in [-0.25, -0.2) is 4.39 Å². The minimum absolute atomic E-state index is 0.108. The molecule has 5 nitrogen and oxygen atoms in total. The van der Waals surface area contributed by atoms with Crippen molar-refractivity contribution in [2.75, 3.05) is 11.9 Å². The summed E-state index contributed by atoms with van der Waals surface area (Å²) in [6, 6.07) is 3.67. The Morgan fingerprint density at radius 1 is 1.33 bits per heavy atom. The fraction of sp³-hybridized carbons (Fsp3) is 0.467. The molecule has 1 aromatic rings. The average Bonchev–Trinajstić information content (AvgIpc) is 2.38. The van der Waals surface area contributed by atoms with Gasteiger partial charge in [-0.2, -0.15) is 0 Å². The van der Waals surface area contributed by atoms with Gasteiger partial charge in [-0.1, -0.05) is 13.8 Å². The summed E-state index contributed by atoms with van der Waals surface area (Å²) in [4.78, 5) is 23.1. The number of benzene rings is 1. The highest BCUT2D eigenvalue weighted by molar-refractivity contribution is 5.97. The molecule has 4 N–H and O–H groups in total. The first-order valence-corrected chi connectivity index (χ1v) is 6.91. The second kappa shape index (κ2) is 7.73. The van der Waals surface area contributed by atoms with Crippen LogP contribution in [0.5, 0.6) is 0 Å². The van der Waals surface area contributed by atoms with Gasteiger partial charge in [0.1, 0.15) is 5.82 Å². The van der Waals surface area contributed by atoms with Gasteiger partial charge in [0.05, 0.1) is 5.56 Å². The maximum atomic E-state index is 13.8. The van der Waals surface area contributed by atoms with E-state index in [0.29, 0.717) is 11.6 Å². The number of nitrogens with one attached hydrogen (secondary N) is 2. The third kappa shape index (κ3) is 5.51. The van der Waals surface area contributed by atoms with E-state index < -0.39 is 11.7 Å². The normalized spacial score (nSPS) is 12.1. The molecule has 0 aliphatic heterocycles. The summed E-state index contributed by atoms with van der Waals surface area (Å²) >= 11 is 0. The number of hydrogen-bond acceptors (Lipinski definition) is 3. The van der Waals surface area contributed by atoms with Gasteiger partial charge in [0.2, 0.25) is 5.91 Å². The lowest BCUT2D eigenvalue weighted by Crippen LogP contribution is -2.41. The molecule has 0 aromatic heterocycles. The Bertz CT molecular complexity index is 518. The van der Waals surface area contributed by atoms with Crippen molar-refractivity contribution in [2.45, 2.75) is 33.2 Å². The second-order valence-electron chi connectivity index (χ2n) is 5.41. The van der Waals surface area contributed by atoms with E-state index >= 15 is 0 Å². The van der Waals surface area contributed by atoms with Crippen LogP contribution >= 0.6 is 0 Å². The van der Waals surface area contributed by atoms with Gasteiger partial charge in [-0.3, -0.25) is 9.59 Å². The minimum atomic E-state index is -0.637. The molecule has 116 valence electrons. The molecule has 21 heavy (non-hydrogen) atoms. The second-order valence-corrected chi connectivity index (χ2v) is 5.41. The molecule has 0 fully saturated rings. The fourth-order valence-corrected chi connectivity index (χ4v) is 2.03. The zero-order valence-electron chi connectivity index (χ0n) is 12.6. The van der Waals surface area contributed by atoms with Crippen LogP contribution in [0.15, 0.2) is 18.2 Å². The van der Waals surface area contributed by atoms with Crippen LogP contribution in [-0.2, 0) is 4.79 Å². The molecule has 0 spiro atoms. The van der Waals surface area contributed by atoms with Crippen molar-refractivity contribution in [3.8, 4) is 0 Å². The highest BCUT2D eigenvalue weighted by Crippen LogP contribution is 2.15. The first kappa shape index (κ1) is 17.1. The van der Waals surface area contributed by atoms with Gasteiger partial charge in [-0.15, -0.1) is 0 Å². The van der Waals surface area contributed by atoms with E-state index in [1.807, 2.05) is 13.8 Å². The number of amides is 2. The van der Waals surface area contributed by atoms with Crippen LogP contribution in [0.25, 0.3) is 0 Å². The summed E-state index contributed by atoms with van der Waals surface area (Å²) in [6.07, 6.45) is 0.718. The van der Waals surface area contributed by atoms with Crippen molar-refractivity contribution in [3.05, 3.63) is 29.6 Å². The number of carbonyl (C=O) groups excluding carboxylic acids is 2. The van der Waals surface area contributed by atoms with Crippen molar-refractivity contribution in [1.29, 1.82) is 0 Å². The van der Waals surface area contributed by atoms with Gasteiger partial charge in [0, 0.05) is 25.2 Å². The molecule has 0 aliphatic carbocycles. The summed E-state index contributed by atoms with van der Waals surface area (Å²) < 4.78 is 13.8. The van der Waals surface area contributed by atoms with Crippen molar-refractivity contribution in [2.24, 2.45) is 11.7 Å². The van der Waals surface area contributed by atoms with Gasteiger partial charge >= 0.3 is 0 Å². The van der Waals surface area contributed by atoms with Gasteiger partial charge in [-0.05, 0) is 30.5 Å². The van der Waals surface area contributed by atoms with E-state index in [4.69, 9.17) is 5.73 Å². The van der Waals surface area contributed by atoms with Crippen molar-refractivity contribution in [3.63, 3.8) is 0 Å². The molecule has 1 unspecified atom stereocenters. The molecule has 0 saturated heterocycles. The molecule has 2 amide bonds. The minimum Gasteiger partial charge on any atom is -0.348 e. The number of anilines is 1. The van der Waals surface area contributed by atoms with Crippen molar-refractivity contribution >= 4 is 17.5 Å². The van der Waals surface area contributed by atoms with Crippen LogP contribution in [0.1, 0.15) is 37.6 Å². The predicted octanol–water partition coefficient (Wildman–Crippen LogP) is 1.89. The van der Waals surface area contributed by atoms with Gasteiger partial charge in [0.15, 0.2) is 0 Å². The average molecular weight is 295 g/mol. The Morgan fingerprint density at radius 2 is 2.00 bits per heavy atom. The maximum Gasteiger partial charge on any atom is 0.254 e. The van der Waals surface area contributed by atoms with E-state index in [2.05, 4.69) is 10.6 Å². The molecule has 0 radical (unpaired) electrons. The molecule has 0 saturated carbocycles. The molecule has 1 rings (SSSR count). The number of halogens is 1. The SMILES string of the molecule is CC(=O)Nc1ccc(F)c(C(=O)NC(CN)CC(C)C)c1. The number of carbonyl (C=O) groups is 2. The lowest BCUT2D eigenvalue weighted by molar-refractivity contribution is -0.114. The molecule has 6 heteroatoms. The summed E-state index contributed by atoms with van der Waals surface area (Å²) in [5, 5.41) is 5.24. The highest BCUT2D eigenvalue weighted by Gasteiger charge is 2.17. The monoisotopic (exact) mass is 295 g/mol. The van der Waals surface area contributed by atoms with Crippen LogP contribution in [0.3, 0.4) is 0 Å². The molecule has 0 heterocycles. The van der Waals surface area contributed by atoms with Crippen LogP contribution in [0.4, 0.5) is 10.1 Å². The Hall–Kier alpha value is -1.95. The molecule has 0 aliphatic rings. The van der Waals surface area contributed by atoms with E-state index in [0.717, 1.165) is 12.5 Å². The number of nitrogens with two attached hydrogens (primary N) is 1. The summed E-state index contributed by atoms with van der Waals surface area (Å²) in [5.74, 6) is -1.08. The smallest absolute Gasteiger partial charge is 0.254 e. The molecule has 0 bridgehead atoms.